The number of rotatable bonds is 2. The maximum absolute atomic E-state index is 12.1. The molecule has 0 spiro atoms. The predicted molar refractivity (Wildman–Crippen MR) is 68.7 cm³/mol. The molecule has 5 heteroatoms. The van der Waals surface area contributed by atoms with E-state index in [2.05, 4.69) is 0 Å². The van der Waals surface area contributed by atoms with Gasteiger partial charge in [0.2, 0.25) is 0 Å². The third-order valence-corrected chi connectivity index (χ3v) is 3.12. The predicted octanol–water partition coefficient (Wildman–Crippen LogP) is 1.10. The van der Waals surface area contributed by atoms with Gasteiger partial charge in [-0.2, -0.15) is 0 Å². The lowest BCUT2D eigenvalue weighted by molar-refractivity contribution is -0.153. The number of carbonyl (C=O) groups is 3. The molecule has 0 aromatic heterocycles. The highest BCUT2D eigenvalue weighted by atomic mass is 16.5. The molecule has 100 valence electrons. The summed E-state index contributed by atoms with van der Waals surface area (Å²) < 4.78 is 4.72. The van der Waals surface area contributed by atoms with Crippen molar-refractivity contribution in [1.82, 2.24) is 0 Å². The van der Waals surface area contributed by atoms with Crippen LogP contribution in [0.2, 0.25) is 0 Å². The number of benzene rings is 1. The number of esters is 1. The number of amides is 1. The van der Waals surface area contributed by atoms with Gasteiger partial charge >= 0.3 is 11.9 Å². The van der Waals surface area contributed by atoms with Crippen LogP contribution in [0.25, 0.3) is 0 Å². The van der Waals surface area contributed by atoms with Crippen molar-refractivity contribution in [2.45, 2.75) is 25.8 Å². The van der Waals surface area contributed by atoms with Crippen molar-refractivity contribution in [3.8, 4) is 0 Å². The molecule has 0 saturated carbocycles. The standard InChI is InChI=1S/C14H15NO4/c1-2-19-14(18)13(17)15-11(9-16)8-7-10-5-3-4-6-12(10)15/h3-6,9,11H,2,7-8H2,1H3. The summed E-state index contributed by atoms with van der Waals surface area (Å²) in [6.07, 6.45) is 1.94. The smallest absolute Gasteiger partial charge is 0.397 e. The van der Waals surface area contributed by atoms with Gasteiger partial charge in [-0.1, -0.05) is 18.2 Å². The van der Waals surface area contributed by atoms with Gasteiger partial charge in [0.1, 0.15) is 6.29 Å². The van der Waals surface area contributed by atoms with E-state index in [1.165, 1.54) is 4.90 Å². The quantitative estimate of drug-likeness (QED) is 0.454. The Morgan fingerprint density at radius 1 is 1.42 bits per heavy atom. The van der Waals surface area contributed by atoms with Gasteiger partial charge in [0.25, 0.3) is 0 Å². The van der Waals surface area contributed by atoms with Crippen molar-refractivity contribution in [3.05, 3.63) is 29.8 Å². The summed E-state index contributed by atoms with van der Waals surface area (Å²) in [6.45, 7) is 1.76. The average Bonchev–Trinajstić information content (AvgIpc) is 2.45. The van der Waals surface area contributed by atoms with Crippen LogP contribution in [0.15, 0.2) is 24.3 Å². The van der Waals surface area contributed by atoms with Crippen molar-refractivity contribution >= 4 is 23.9 Å². The van der Waals surface area contributed by atoms with E-state index in [4.69, 9.17) is 4.74 Å². The highest BCUT2D eigenvalue weighted by Crippen LogP contribution is 2.30. The molecule has 1 aliphatic heterocycles. The van der Waals surface area contributed by atoms with Gasteiger partial charge in [0, 0.05) is 5.69 Å². The van der Waals surface area contributed by atoms with E-state index in [0.717, 1.165) is 5.56 Å². The van der Waals surface area contributed by atoms with Crippen LogP contribution in [0, 0.1) is 0 Å². The molecule has 0 bridgehead atoms. The molecular formula is C14H15NO4. The Labute approximate surface area is 111 Å². The van der Waals surface area contributed by atoms with Crippen LogP contribution in [0.5, 0.6) is 0 Å². The minimum Gasteiger partial charge on any atom is -0.459 e. The summed E-state index contributed by atoms with van der Waals surface area (Å²) in [4.78, 5) is 36.1. The molecule has 1 amide bonds. The molecule has 19 heavy (non-hydrogen) atoms. The van der Waals surface area contributed by atoms with Crippen LogP contribution in [-0.2, 0) is 25.5 Å². The number of aryl methyl sites for hydroxylation is 1. The summed E-state index contributed by atoms with van der Waals surface area (Å²) in [5.41, 5.74) is 1.57. The molecule has 1 aromatic rings. The highest BCUT2D eigenvalue weighted by molar-refractivity contribution is 6.38. The van der Waals surface area contributed by atoms with Crippen molar-refractivity contribution in [2.75, 3.05) is 11.5 Å². The minimum absolute atomic E-state index is 0.131. The molecule has 1 heterocycles. The summed E-state index contributed by atoms with van der Waals surface area (Å²) in [7, 11) is 0. The monoisotopic (exact) mass is 261 g/mol. The Hall–Kier alpha value is -2.17. The third kappa shape index (κ3) is 2.50. The van der Waals surface area contributed by atoms with Crippen molar-refractivity contribution in [3.63, 3.8) is 0 Å². The van der Waals surface area contributed by atoms with Gasteiger partial charge in [-0.25, -0.2) is 4.79 Å². The number of anilines is 1. The summed E-state index contributed by atoms with van der Waals surface area (Å²) in [5, 5.41) is 0. The van der Waals surface area contributed by atoms with Crippen LogP contribution in [0.4, 0.5) is 5.69 Å². The van der Waals surface area contributed by atoms with E-state index < -0.39 is 17.9 Å². The van der Waals surface area contributed by atoms with Gasteiger partial charge < -0.3 is 9.53 Å². The topological polar surface area (TPSA) is 63.7 Å². The van der Waals surface area contributed by atoms with Crippen LogP contribution in [0.3, 0.4) is 0 Å². The van der Waals surface area contributed by atoms with Gasteiger partial charge in [0.05, 0.1) is 12.6 Å². The first-order chi connectivity index (χ1) is 9.19. The molecule has 0 radical (unpaired) electrons. The van der Waals surface area contributed by atoms with Crippen molar-refractivity contribution in [1.29, 1.82) is 0 Å². The largest absolute Gasteiger partial charge is 0.459 e. The lowest BCUT2D eigenvalue weighted by Crippen LogP contribution is -2.48. The first kappa shape index (κ1) is 13.3. The molecule has 0 N–H and O–H groups in total. The molecular weight excluding hydrogens is 246 g/mol. The number of fused-ring (bicyclic) bond motifs is 1. The number of aldehydes is 1. The molecule has 2 rings (SSSR count). The fourth-order valence-corrected chi connectivity index (χ4v) is 2.25. The van der Waals surface area contributed by atoms with E-state index >= 15 is 0 Å². The Bertz CT molecular complexity index is 512. The van der Waals surface area contributed by atoms with Crippen LogP contribution < -0.4 is 4.90 Å². The highest BCUT2D eigenvalue weighted by Gasteiger charge is 2.34. The lowest BCUT2D eigenvalue weighted by atomic mass is 9.96. The Morgan fingerprint density at radius 2 is 2.16 bits per heavy atom. The molecule has 1 atom stereocenters. The Morgan fingerprint density at radius 3 is 2.84 bits per heavy atom. The maximum atomic E-state index is 12.1. The van der Waals surface area contributed by atoms with Crippen molar-refractivity contribution in [2.24, 2.45) is 0 Å². The summed E-state index contributed by atoms with van der Waals surface area (Å²) >= 11 is 0. The van der Waals surface area contributed by atoms with Gasteiger partial charge in [-0.15, -0.1) is 0 Å². The second-order valence-corrected chi connectivity index (χ2v) is 4.27. The molecule has 0 saturated heterocycles. The third-order valence-electron chi connectivity index (χ3n) is 3.12. The number of nitrogens with zero attached hydrogens (tertiary/aromatic N) is 1. The van der Waals surface area contributed by atoms with E-state index in [9.17, 15) is 14.4 Å². The zero-order valence-electron chi connectivity index (χ0n) is 10.7. The fourth-order valence-electron chi connectivity index (χ4n) is 2.25. The summed E-state index contributed by atoms with van der Waals surface area (Å²) in [6, 6.07) is 6.67. The first-order valence-electron chi connectivity index (χ1n) is 6.22. The number of carbonyl (C=O) groups excluding carboxylic acids is 3. The van der Waals surface area contributed by atoms with Gasteiger partial charge in [-0.3, -0.25) is 9.69 Å². The zero-order valence-corrected chi connectivity index (χ0v) is 10.7. The molecule has 0 fully saturated rings. The molecule has 1 unspecified atom stereocenters. The lowest BCUT2D eigenvalue weighted by Gasteiger charge is -2.33. The molecule has 1 aromatic carbocycles. The Kier molecular flexibility index (Phi) is 3.94. The van der Waals surface area contributed by atoms with Crippen LogP contribution in [0.1, 0.15) is 18.9 Å². The SMILES string of the molecule is CCOC(=O)C(=O)N1c2ccccc2CCC1C=O. The second-order valence-electron chi connectivity index (χ2n) is 4.27. The van der Waals surface area contributed by atoms with Crippen LogP contribution in [-0.4, -0.2) is 30.8 Å². The number of para-hydroxylation sites is 1. The number of hydrogen-bond donors (Lipinski definition) is 0. The van der Waals surface area contributed by atoms with Gasteiger partial charge in [0.15, 0.2) is 0 Å². The maximum Gasteiger partial charge on any atom is 0.397 e. The molecule has 0 aliphatic carbocycles. The van der Waals surface area contributed by atoms with E-state index in [0.29, 0.717) is 24.8 Å². The fraction of sp³-hybridized carbons (Fsp3) is 0.357. The second kappa shape index (κ2) is 5.65. The number of ether oxygens (including phenoxy) is 1. The van der Waals surface area contributed by atoms with E-state index in [-0.39, 0.29) is 6.61 Å². The van der Waals surface area contributed by atoms with E-state index in [1.54, 1.807) is 19.1 Å². The summed E-state index contributed by atoms with van der Waals surface area (Å²) in [5.74, 6) is -1.71. The van der Waals surface area contributed by atoms with Crippen LogP contribution >= 0.6 is 0 Å². The molecule has 1 aliphatic rings. The normalized spacial score (nSPS) is 17.5. The first-order valence-corrected chi connectivity index (χ1v) is 6.22. The van der Waals surface area contributed by atoms with Crippen molar-refractivity contribution < 1.29 is 19.1 Å². The average molecular weight is 261 g/mol. The number of hydrogen-bond acceptors (Lipinski definition) is 4. The minimum atomic E-state index is -0.925. The zero-order chi connectivity index (χ0) is 13.8. The molecule has 5 nitrogen and oxygen atoms in total. The Balaban J connectivity index is 2.37. The van der Waals surface area contributed by atoms with E-state index in [1.807, 2.05) is 12.1 Å². The van der Waals surface area contributed by atoms with Gasteiger partial charge in [-0.05, 0) is 31.4 Å².